The van der Waals surface area contributed by atoms with Gasteiger partial charge >= 0.3 is 0 Å². The normalized spacial score (nSPS) is 10.3. The quantitative estimate of drug-likeness (QED) is 0.809. The summed E-state index contributed by atoms with van der Waals surface area (Å²) in [5.41, 5.74) is 3.53. The minimum atomic E-state index is 0.0797. The molecule has 2 aromatic rings. The van der Waals surface area contributed by atoms with E-state index in [0.29, 0.717) is 24.5 Å². The highest BCUT2D eigenvalue weighted by molar-refractivity contribution is 5.76. The van der Waals surface area contributed by atoms with Crippen molar-refractivity contribution in [1.82, 2.24) is 5.32 Å². The molecule has 128 valence electrons. The molecule has 0 aliphatic carbocycles. The van der Waals surface area contributed by atoms with Gasteiger partial charge in [0.2, 0.25) is 5.91 Å². The number of carbonyl (C=O) groups excluding carboxylic acids is 1. The van der Waals surface area contributed by atoms with E-state index in [2.05, 4.69) is 36.5 Å². The molecule has 0 saturated heterocycles. The second-order valence-corrected chi connectivity index (χ2v) is 5.77. The highest BCUT2D eigenvalue weighted by Gasteiger charge is 2.06. The number of hydrogen-bond donors (Lipinski definition) is 1. The summed E-state index contributed by atoms with van der Waals surface area (Å²) < 4.78 is 10.5. The third kappa shape index (κ3) is 5.30. The van der Waals surface area contributed by atoms with Crippen LogP contribution in [0.1, 0.15) is 23.1 Å². The molecule has 1 N–H and O–H groups in total. The summed E-state index contributed by atoms with van der Waals surface area (Å²) in [7, 11) is 3.24. The number of aryl methyl sites for hydroxylation is 2. The summed E-state index contributed by atoms with van der Waals surface area (Å²) in [5, 5.41) is 2.97. The van der Waals surface area contributed by atoms with Crippen LogP contribution in [0.25, 0.3) is 0 Å². The van der Waals surface area contributed by atoms with Crippen LogP contribution in [0.5, 0.6) is 11.5 Å². The monoisotopic (exact) mass is 327 g/mol. The van der Waals surface area contributed by atoms with E-state index in [1.807, 2.05) is 18.2 Å². The summed E-state index contributed by atoms with van der Waals surface area (Å²) in [6.45, 7) is 2.67. The number of methoxy groups -OCH3 is 2. The lowest BCUT2D eigenvalue weighted by Gasteiger charge is -2.10. The lowest BCUT2D eigenvalue weighted by molar-refractivity contribution is -0.121. The first-order valence-electron chi connectivity index (χ1n) is 8.15. The molecule has 0 atom stereocenters. The molecule has 0 spiro atoms. The van der Waals surface area contributed by atoms with Gasteiger partial charge in [0.1, 0.15) is 0 Å². The maximum absolute atomic E-state index is 11.9. The average molecular weight is 327 g/mol. The van der Waals surface area contributed by atoms with Crippen LogP contribution in [-0.2, 0) is 17.6 Å². The van der Waals surface area contributed by atoms with Gasteiger partial charge in [0.05, 0.1) is 14.2 Å². The Hall–Kier alpha value is -2.49. The smallest absolute Gasteiger partial charge is 0.220 e. The number of amides is 1. The largest absolute Gasteiger partial charge is 0.493 e. The van der Waals surface area contributed by atoms with Crippen LogP contribution in [0.2, 0.25) is 0 Å². The summed E-state index contributed by atoms with van der Waals surface area (Å²) in [4.78, 5) is 11.9. The van der Waals surface area contributed by atoms with Gasteiger partial charge in [-0.25, -0.2) is 0 Å². The van der Waals surface area contributed by atoms with Crippen molar-refractivity contribution in [3.8, 4) is 11.5 Å². The molecule has 2 aromatic carbocycles. The van der Waals surface area contributed by atoms with Crippen LogP contribution in [0.3, 0.4) is 0 Å². The molecule has 0 aromatic heterocycles. The Labute approximate surface area is 143 Å². The van der Waals surface area contributed by atoms with Crippen LogP contribution >= 0.6 is 0 Å². The Kier molecular flexibility index (Phi) is 6.67. The van der Waals surface area contributed by atoms with Crippen molar-refractivity contribution in [2.24, 2.45) is 0 Å². The van der Waals surface area contributed by atoms with E-state index in [9.17, 15) is 4.79 Å². The highest BCUT2D eigenvalue weighted by atomic mass is 16.5. The van der Waals surface area contributed by atoms with Gasteiger partial charge in [0, 0.05) is 13.0 Å². The summed E-state index contributed by atoms with van der Waals surface area (Å²) >= 11 is 0. The lowest BCUT2D eigenvalue weighted by atomic mass is 10.1. The summed E-state index contributed by atoms with van der Waals surface area (Å²) in [6.07, 6.45) is 2.04. The van der Waals surface area contributed by atoms with E-state index in [1.54, 1.807) is 14.2 Å². The fourth-order valence-corrected chi connectivity index (χ4v) is 2.48. The molecule has 0 radical (unpaired) electrons. The Balaban J connectivity index is 1.75. The lowest BCUT2D eigenvalue weighted by Crippen LogP contribution is -2.25. The molecule has 0 unspecified atom stereocenters. The molecule has 4 heteroatoms. The van der Waals surface area contributed by atoms with Gasteiger partial charge in [-0.2, -0.15) is 0 Å². The van der Waals surface area contributed by atoms with E-state index >= 15 is 0 Å². The van der Waals surface area contributed by atoms with Gasteiger partial charge in [-0.05, 0) is 43.0 Å². The van der Waals surface area contributed by atoms with Crippen molar-refractivity contribution in [2.45, 2.75) is 26.2 Å². The molecule has 24 heavy (non-hydrogen) atoms. The van der Waals surface area contributed by atoms with E-state index in [-0.39, 0.29) is 5.91 Å². The van der Waals surface area contributed by atoms with Crippen LogP contribution in [-0.4, -0.2) is 26.7 Å². The maximum Gasteiger partial charge on any atom is 0.220 e. The van der Waals surface area contributed by atoms with Crippen molar-refractivity contribution < 1.29 is 14.3 Å². The van der Waals surface area contributed by atoms with Gasteiger partial charge in [0.25, 0.3) is 0 Å². The molecule has 4 nitrogen and oxygen atoms in total. The summed E-state index contributed by atoms with van der Waals surface area (Å²) in [6, 6.07) is 14.1. The predicted octanol–water partition coefficient (Wildman–Crippen LogP) is 3.30. The Morgan fingerprint density at radius 1 is 0.917 bits per heavy atom. The molecular weight excluding hydrogens is 302 g/mol. The van der Waals surface area contributed by atoms with E-state index < -0.39 is 0 Å². The Bertz CT molecular complexity index is 665. The molecule has 0 bridgehead atoms. The minimum Gasteiger partial charge on any atom is -0.493 e. The molecule has 0 fully saturated rings. The van der Waals surface area contributed by atoms with Gasteiger partial charge in [0.15, 0.2) is 11.5 Å². The minimum absolute atomic E-state index is 0.0797. The van der Waals surface area contributed by atoms with E-state index in [1.165, 1.54) is 11.1 Å². The molecule has 1 amide bonds. The molecular formula is C20H25NO3. The first-order valence-corrected chi connectivity index (χ1v) is 8.15. The zero-order valence-corrected chi connectivity index (χ0v) is 14.6. The number of nitrogens with one attached hydrogen (secondary N) is 1. The van der Waals surface area contributed by atoms with Crippen LogP contribution in [0, 0.1) is 6.92 Å². The second-order valence-electron chi connectivity index (χ2n) is 5.77. The fraction of sp³-hybridized carbons (Fsp3) is 0.350. The van der Waals surface area contributed by atoms with Gasteiger partial charge in [-0.3, -0.25) is 4.79 Å². The van der Waals surface area contributed by atoms with Crippen LogP contribution in [0.15, 0.2) is 42.5 Å². The van der Waals surface area contributed by atoms with Gasteiger partial charge in [-0.1, -0.05) is 35.9 Å². The number of benzene rings is 2. The topological polar surface area (TPSA) is 47.6 Å². The maximum atomic E-state index is 11.9. The first kappa shape index (κ1) is 17.9. The zero-order chi connectivity index (χ0) is 17.4. The molecule has 2 rings (SSSR count). The van der Waals surface area contributed by atoms with Crippen molar-refractivity contribution >= 4 is 5.91 Å². The standard InChI is InChI=1S/C20H25NO3/c1-15-4-6-16(7-5-15)9-11-20(22)21-13-12-17-8-10-18(23-2)19(14-17)24-3/h4-8,10,14H,9,11-13H2,1-3H3,(H,21,22). The van der Waals surface area contributed by atoms with Gasteiger partial charge in [-0.15, -0.1) is 0 Å². The molecule has 0 aliphatic rings. The zero-order valence-electron chi connectivity index (χ0n) is 14.6. The molecule has 0 saturated carbocycles. The third-order valence-electron chi connectivity index (χ3n) is 3.95. The third-order valence-corrected chi connectivity index (χ3v) is 3.95. The van der Waals surface area contributed by atoms with Gasteiger partial charge < -0.3 is 14.8 Å². The number of hydrogen-bond acceptors (Lipinski definition) is 3. The average Bonchev–Trinajstić information content (AvgIpc) is 2.61. The van der Waals surface area contributed by atoms with Crippen molar-refractivity contribution in [3.05, 3.63) is 59.2 Å². The Morgan fingerprint density at radius 3 is 2.25 bits per heavy atom. The predicted molar refractivity (Wildman–Crippen MR) is 95.8 cm³/mol. The van der Waals surface area contributed by atoms with Crippen molar-refractivity contribution in [2.75, 3.05) is 20.8 Å². The van der Waals surface area contributed by atoms with Crippen molar-refractivity contribution in [1.29, 1.82) is 0 Å². The van der Waals surface area contributed by atoms with Crippen molar-refractivity contribution in [3.63, 3.8) is 0 Å². The number of carbonyl (C=O) groups is 1. The fourth-order valence-electron chi connectivity index (χ4n) is 2.48. The molecule has 0 aliphatic heterocycles. The van der Waals surface area contributed by atoms with E-state index in [4.69, 9.17) is 9.47 Å². The van der Waals surface area contributed by atoms with E-state index in [0.717, 1.165) is 18.4 Å². The van der Waals surface area contributed by atoms with Crippen LogP contribution < -0.4 is 14.8 Å². The Morgan fingerprint density at radius 2 is 1.58 bits per heavy atom. The molecule has 0 heterocycles. The first-order chi connectivity index (χ1) is 11.6. The summed E-state index contributed by atoms with van der Waals surface area (Å²) in [5.74, 6) is 1.50. The van der Waals surface area contributed by atoms with Crippen LogP contribution in [0.4, 0.5) is 0 Å². The second kappa shape index (κ2) is 8.96. The number of rotatable bonds is 8. The number of ether oxygens (including phenoxy) is 2. The SMILES string of the molecule is COc1ccc(CCNC(=O)CCc2ccc(C)cc2)cc1OC. The highest BCUT2D eigenvalue weighted by Crippen LogP contribution is 2.27.